The second-order valence-electron chi connectivity index (χ2n) is 11.0. The first kappa shape index (κ1) is 20.6. The first-order chi connectivity index (χ1) is 15.7. The van der Waals surface area contributed by atoms with E-state index >= 15 is 0 Å². The number of imide groups is 1. The predicted molar refractivity (Wildman–Crippen MR) is 123 cm³/mol. The van der Waals surface area contributed by atoms with E-state index < -0.39 is 0 Å². The number of carbonyl (C=O) groups excluding carboxylic acids is 2. The van der Waals surface area contributed by atoms with Crippen molar-refractivity contribution in [3.05, 3.63) is 24.4 Å². The van der Waals surface area contributed by atoms with E-state index in [0.29, 0.717) is 30.2 Å². The van der Waals surface area contributed by atoms with E-state index in [-0.39, 0.29) is 23.7 Å². The van der Waals surface area contributed by atoms with Crippen LogP contribution in [-0.2, 0) is 9.59 Å². The summed E-state index contributed by atoms with van der Waals surface area (Å²) in [6.07, 6.45) is 10.2. The van der Waals surface area contributed by atoms with Crippen LogP contribution in [0, 0.1) is 35.5 Å². The van der Waals surface area contributed by atoms with Crippen molar-refractivity contribution in [3.63, 3.8) is 0 Å². The van der Waals surface area contributed by atoms with Gasteiger partial charge in [-0.3, -0.25) is 19.4 Å². The Labute approximate surface area is 191 Å². The summed E-state index contributed by atoms with van der Waals surface area (Å²) in [5, 5.41) is 0. The molecule has 32 heavy (non-hydrogen) atoms. The molecule has 3 aliphatic carbocycles. The third kappa shape index (κ3) is 3.55. The van der Waals surface area contributed by atoms with Gasteiger partial charge >= 0.3 is 0 Å². The van der Waals surface area contributed by atoms with Gasteiger partial charge in [-0.25, -0.2) is 4.98 Å². The summed E-state index contributed by atoms with van der Waals surface area (Å²) in [6.45, 7) is 5.95. The lowest BCUT2D eigenvalue weighted by Gasteiger charge is -2.40. The highest BCUT2D eigenvalue weighted by Crippen LogP contribution is 2.56. The van der Waals surface area contributed by atoms with Crippen molar-refractivity contribution in [1.29, 1.82) is 0 Å². The largest absolute Gasteiger partial charge is 0.354 e. The number of nitrogens with zero attached hydrogens (tertiary/aromatic N) is 4. The molecular formula is C26H36N4O2. The Kier molecular flexibility index (Phi) is 5.44. The number of rotatable bonds is 5. The average Bonchev–Trinajstić information content (AvgIpc) is 3.52. The van der Waals surface area contributed by atoms with Crippen LogP contribution < -0.4 is 4.90 Å². The summed E-state index contributed by atoms with van der Waals surface area (Å²) in [7, 11) is 0. The van der Waals surface area contributed by atoms with Crippen molar-refractivity contribution in [1.82, 2.24) is 14.8 Å². The second-order valence-corrected chi connectivity index (χ2v) is 11.0. The Morgan fingerprint density at radius 3 is 2.09 bits per heavy atom. The Morgan fingerprint density at radius 2 is 1.47 bits per heavy atom. The summed E-state index contributed by atoms with van der Waals surface area (Å²) in [6, 6.07) is 6.12. The van der Waals surface area contributed by atoms with Gasteiger partial charge < -0.3 is 4.90 Å². The molecule has 5 fully saturated rings. The zero-order chi connectivity index (χ0) is 21.7. The minimum absolute atomic E-state index is 0.0305. The maximum absolute atomic E-state index is 13.2. The fraction of sp³-hybridized carbons (Fsp3) is 0.731. The maximum atomic E-state index is 13.2. The zero-order valence-corrected chi connectivity index (χ0v) is 19.1. The smallest absolute Gasteiger partial charge is 0.233 e. The number of fused-ring (bicyclic) bond motifs is 5. The molecule has 3 heterocycles. The van der Waals surface area contributed by atoms with Gasteiger partial charge in [0, 0.05) is 45.5 Å². The van der Waals surface area contributed by atoms with Crippen molar-refractivity contribution in [3.8, 4) is 0 Å². The minimum atomic E-state index is 0.0305. The third-order valence-corrected chi connectivity index (χ3v) is 9.34. The van der Waals surface area contributed by atoms with Crippen LogP contribution in [0.25, 0.3) is 0 Å². The molecule has 6 rings (SSSR count). The third-order valence-electron chi connectivity index (χ3n) is 9.34. The molecular weight excluding hydrogens is 400 g/mol. The summed E-state index contributed by atoms with van der Waals surface area (Å²) in [4.78, 5) is 37.6. The lowest BCUT2D eigenvalue weighted by Crippen LogP contribution is -2.50. The van der Waals surface area contributed by atoms with Crippen LogP contribution in [0.15, 0.2) is 24.4 Å². The minimum Gasteiger partial charge on any atom is -0.354 e. The van der Waals surface area contributed by atoms with Crippen molar-refractivity contribution < 1.29 is 9.59 Å². The molecule has 172 valence electrons. The van der Waals surface area contributed by atoms with E-state index in [2.05, 4.69) is 26.9 Å². The van der Waals surface area contributed by atoms with Gasteiger partial charge in [-0.05, 0) is 67.9 Å². The maximum Gasteiger partial charge on any atom is 0.233 e. The molecule has 6 unspecified atom stereocenters. The van der Waals surface area contributed by atoms with Crippen LogP contribution >= 0.6 is 0 Å². The number of piperazine rings is 1. The topological polar surface area (TPSA) is 56.8 Å². The fourth-order valence-corrected chi connectivity index (χ4v) is 7.68. The summed E-state index contributed by atoms with van der Waals surface area (Å²) < 4.78 is 0. The number of anilines is 1. The van der Waals surface area contributed by atoms with Crippen LogP contribution in [0.4, 0.5) is 5.82 Å². The zero-order valence-electron chi connectivity index (χ0n) is 19.1. The van der Waals surface area contributed by atoms with Gasteiger partial charge in [0.2, 0.25) is 11.8 Å². The van der Waals surface area contributed by atoms with E-state index in [9.17, 15) is 9.59 Å². The van der Waals surface area contributed by atoms with Gasteiger partial charge in [-0.15, -0.1) is 0 Å². The van der Waals surface area contributed by atoms with Crippen molar-refractivity contribution in [2.24, 2.45) is 35.5 Å². The molecule has 2 bridgehead atoms. The van der Waals surface area contributed by atoms with Gasteiger partial charge in [-0.1, -0.05) is 18.9 Å². The standard InChI is InChI=1S/C26H36N4O2/c31-25-23-18-8-9-19(15-18)24(23)26(32)30(25)17-21-6-2-1-5-20(21)16-28-11-13-29(14-12-28)22-7-3-4-10-27-22/h3-4,7,10,18-21,23-24H,1-2,5-6,8-9,11-17H2. The molecule has 2 aliphatic heterocycles. The Balaban J connectivity index is 1.07. The normalized spacial score (nSPS) is 37.4. The van der Waals surface area contributed by atoms with Crippen LogP contribution in [0.5, 0.6) is 0 Å². The molecule has 3 saturated carbocycles. The van der Waals surface area contributed by atoms with E-state index in [1.165, 1.54) is 19.3 Å². The van der Waals surface area contributed by atoms with Crippen LogP contribution in [0.2, 0.25) is 0 Å². The van der Waals surface area contributed by atoms with E-state index in [4.69, 9.17) is 0 Å². The number of amides is 2. The van der Waals surface area contributed by atoms with Crippen LogP contribution in [0.1, 0.15) is 44.9 Å². The van der Waals surface area contributed by atoms with Crippen molar-refractivity contribution >= 4 is 17.6 Å². The monoisotopic (exact) mass is 436 g/mol. The molecule has 0 N–H and O–H groups in total. The molecule has 6 nitrogen and oxygen atoms in total. The molecule has 1 aromatic rings. The number of aromatic nitrogens is 1. The highest BCUT2D eigenvalue weighted by Gasteiger charge is 2.61. The van der Waals surface area contributed by atoms with Crippen molar-refractivity contribution in [2.45, 2.75) is 44.9 Å². The molecule has 2 saturated heterocycles. The van der Waals surface area contributed by atoms with Gasteiger partial charge in [0.05, 0.1) is 11.8 Å². The molecule has 0 radical (unpaired) electrons. The van der Waals surface area contributed by atoms with Crippen LogP contribution in [0.3, 0.4) is 0 Å². The van der Waals surface area contributed by atoms with Crippen molar-refractivity contribution in [2.75, 3.05) is 44.2 Å². The summed E-state index contributed by atoms with van der Waals surface area (Å²) in [5.41, 5.74) is 0. The molecule has 5 aliphatic rings. The average molecular weight is 437 g/mol. The number of carbonyl (C=O) groups is 2. The summed E-state index contributed by atoms with van der Waals surface area (Å²) in [5.74, 6) is 3.55. The van der Waals surface area contributed by atoms with Gasteiger partial charge in [0.15, 0.2) is 0 Å². The number of pyridine rings is 1. The van der Waals surface area contributed by atoms with E-state index in [1.807, 2.05) is 12.3 Å². The second kappa shape index (κ2) is 8.44. The number of hydrogen-bond acceptors (Lipinski definition) is 5. The molecule has 0 aromatic carbocycles. The first-order valence-corrected chi connectivity index (χ1v) is 12.9. The number of hydrogen-bond donors (Lipinski definition) is 0. The number of likely N-dealkylation sites (tertiary alicyclic amines) is 1. The summed E-state index contributed by atoms with van der Waals surface area (Å²) >= 11 is 0. The molecule has 6 atom stereocenters. The Bertz CT molecular complexity index is 825. The fourth-order valence-electron chi connectivity index (χ4n) is 7.68. The Hall–Kier alpha value is -1.95. The molecule has 2 amide bonds. The quantitative estimate of drug-likeness (QED) is 0.664. The van der Waals surface area contributed by atoms with Gasteiger partial charge in [0.25, 0.3) is 0 Å². The molecule has 0 spiro atoms. The van der Waals surface area contributed by atoms with Gasteiger partial charge in [-0.2, -0.15) is 0 Å². The molecule has 6 heteroatoms. The highest BCUT2D eigenvalue weighted by molar-refractivity contribution is 6.06. The van der Waals surface area contributed by atoms with Gasteiger partial charge in [0.1, 0.15) is 5.82 Å². The first-order valence-electron chi connectivity index (χ1n) is 12.9. The van der Waals surface area contributed by atoms with E-state index in [1.54, 1.807) is 4.90 Å². The van der Waals surface area contributed by atoms with Crippen LogP contribution in [-0.4, -0.2) is 65.9 Å². The van der Waals surface area contributed by atoms with E-state index in [0.717, 1.165) is 64.2 Å². The lowest BCUT2D eigenvalue weighted by molar-refractivity contribution is -0.142. The molecule has 1 aromatic heterocycles. The highest BCUT2D eigenvalue weighted by atomic mass is 16.2. The SMILES string of the molecule is O=C1C2C3CCC(C3)C2C(=O)N1CC1CCCCC1CN1CCN(c2ccccn2)CC1. The predicted octanol–water partition coefficient (Wildman–Crippen LogP) is 3.04. The Morgan fingerprint density at radius 1 is 0.812 bits per heavy atom. The lowest BCUT2D eigenvalue weighted by atomic mass is 9.78.